The van der Waals surface area contributed by atoms with Crippen molar-refractivity contribution in [3.63, 3.8) is 0 Å². The topological polar surface area (TPSA) is 46.3 Å². The van der Waals surface area contributed by atoms with Gasteiger partial charge in [-0.1, -0.05) is 58.0 Å². The second-order valence-electron chi connectivity index (χ2n) is 6.70. The Morgan fingerprint density at radius 2 is 1.76 bits per heavy atom. The Morgan fingerprint density at radius 3 is 2.19 bits per heavy atom. The molecule has 3 nitrogen and oxygen atoms in total. The third-order valence-electron chi connectivity index (χ3n) is 3.69. The number of likely N-dealkylation sites (N-methyl/N-ethyl adjacent to an activating group) is 1. The third-order valence-corrected chi connectivity index (χ3v) is 3.69. The molecule has 1 rings (SSSR count). The maximum atomic E-state index is 12.8. The molecule has 0 saturated heterocycles. The minimum atomic E-state index is -0.0882. The molecule has 1 aromatic carbocycles. The maximum Gasteiger partial charge on any atom is 0.230 e. The lowest BCUT2D eigenvalue weighted by molar-refractivity contribution is -0.133. The number of hydrogen-bond acceptors (Lipinski definition) is 2. The summed E-state index contributed by atoms with van der Waals surface area (Å²) in [5.41, 5.74) is 6.80. The Balaban J connectivity index is 0.00000400. The van der Waals surface area contributed by atoms with Crippen LogP contribution in [-0.2, 0) is 4.79 Å². The molecule has 0 aromatic heterocycles. The van der Waals surface area contributed by atoms with Gasteiger partial charge in [0.05, 0.1) is 5.92 Å². The van der Waals surface area contributed by atoms with Crippen LogP contribution in [0.3, 0.4) is 0 Å². The van der Waals surface area contributed by atoms with E-state index >= 15 is 0 Å². The summed E-state index contributed by atoms with van der Waals surface area (Å²) in [4.78, 5) is 14.6. The lowest BCUT2D eigenvalue weighted by Crippen LogP contribution is -2.42. The zero-order valence-electron chi connectivity index (χ0n) is 13.8. The summed E-state index contributed by atoms with van der Waals surface area (Å²) in [5.74, 6) is 0.357. The Kier molecular flexibility index (Phi) is 7.98. The Hall–Kier alpha value is -1.06. The van der Waals surface area contributed by atoms with Crippen LogP contribution in [0.4, 0.5) is 0 Å². The molecular formula is C17H29ClN2O. The summed E-state index contributed by atoms with van der Waals surface area (Å²) in [6, 6.07) is 10.0. The summed E-state index contributed by atoms with van der Waals surface area (Å²) in [6.07, 6.45) is 0. The van der Waals surface area contributed by atoms with E-state index in [1.807, 2.05) is 42.3 Å². The Bertz CT molecular complexity index is 432. The van der Waals surface area contributed by atoms with E-state index in [0.717, 1.165) is 5.56 Å². The number of benzene rings is 1. The van der Waals surface area contributed by atoms with Crippen molar-refractivity contribution < 1.29 is 4.79 Å². The van der Waals surface area contributed by atoms with Gasteiger partial charge in [0.25, 0.3) is 0 Å². The molecule has 0 aliphatic carbocycles. The predicted molar refractivity (Wildman–Crippen MR) is 91.7 cm³/mol. The van der Waals surface area contributed by atoms with Crippen molar-refractivity contribution in [3.8, 4) is 0 Å². The molecule has 0 radical (unpaired) electrons. The van der Waals surface area contributed by atoms with Gasteiger partial charge in [-0.15, -0.1) is 12.4 Å². The molecule has 0 aliphatic heterocycles. The lowest BCUT2D eigenvalue weighted by Gasteiger charge is -2.32. The van der Waals surface area contributed by atoms with E-state index in [2.05, 4.69) is 27.7 Å². The van der Waals surface area contributed by atoms with Crippen molar-refractivity contribution in [2.75, 3.05) is 20.1 Å². The van der Waals surface area contributed by atoms with Gasteiger partial charge in [0.1, 0.15) is 0 Å². The maximum absolute atomic E-state index is 12.8. The highest BCUT2D eigenvalue weighted by molar-refractivity contribution is 5.85. The molecule has 0 bridgehead atoms. The second kappa shape index (κ2) is 8.40. The molecule has 1 atom stereocenters. The number of rotatable bonds is 6. The molecule has 0 saturated carbocycles. The van der Waals surface area contributed by atoms with Crippen molar-refractivity contribution in [2.45, 2.75) is 33.6 Å². The van der Waals surface area contributed by atoms with Crippen LogP contribution < -0.4 is 5.73 Å². The van der Waals surface area contributed by atoms with Crippen molar-refractivity contribution >= 4 is 18.3 Å². The molecule has 0 heterocycles. The van der Waals surface area contributed by atoms with E-state index in [-0.39, 0.29) is 35.6 Å². The average Bonchev–Trinajstić information content (AvgIpc) is 2.39. The molecule has 1 amide bonds. The monoisotopic (exact) mass is 312 g/mol. The van der Waals surface area contributed by atoms with Crippen LogP contribution >= 0.6 is 12.4 Å². The number of carbonyl (C=O) groups is 1. The number of carbonyl (C=O) groups excluding carboxylic acids is 1. The summed E-state index contributed by atoms with van der Waals surface area (Å²) in [6.45, 7) is 9.61. The first-order valence-electron chi connectivity index (χ1n) is 7.28. The summed E-state index contributed by atoms with van der Waals surface area (Å²) >= 11 is 0. The second-order valence-corrected chi connectivity index (χ2v) is 6.70. The van der Waals surface area contributed by atoms with E-state index in [1.54, 1.807) is 0 Å². The zero-order valence-corrected chi connectivity index (χ0v) is 14.6. The largest absolute Gasteiger partial charge is 0.345 e. The average molecular weight is 313 g/mol. The number of hydrogen-bond donors (Lipinski definition) is 1. The number of amides is 1. The zero-order chi connectivity index (χ0) is 15.3. The summed E-state index contributed by atoms with van der Waals surface area (Å²) in [5, 5.41) is 0. The van der Waals surface area contributed by atoms with Gasteiger partial charge in [-0.3, -0.25) is 4.79 Å². The summed E-state index contributed by atoms with van der Waals surface area (Å²) < 4.78 is 0. The fourth-order valence-corrected chi connectivity index (χ4v) is 2.49. The van der Waals surface area contributed by atoms with Crippen LogP contribution in [0, 0.1) is 11.3 Å². The van der Waals surface area contributed by atoms with E-state index in [0.29, 0.717) is 13.1 Å². The standard InChI is InChI=1S/C17H28N2O.ClH/c1-13(2)15(14-9-7-6-8-10-14)16(20)19(5)12-17(3,4)11-18;/h6-10,13,15H,11-12,18H2,1-5H3;1H. The molecule has 0 fully saturated rings. The van der Waals surface area contributed by atoms with Gasteiger partial charge in [0.2, 0.25) is 5.91 Å². The van der Waals surface area contributed by atoms with Gasteiger partial charge in [-0.05, 0) is 23.4 Å². The molecule has 1 aromatic rings. The smallest absolute Gasteiger partial charge is 0.230 e. The first-order chi connectivity index (χ1) is 9.28. The predicted octanol–water partition coefficient (Wildman–Crippen LogP) is 3.29. The first kappa shape index (κ1) is 19.9. The van der Waals surface area contributed by atoms with Gasteiger partial charge in [0, 0.05) is 13.6 Å². The van der Waals surface area contributed by atoms with Crippen LogP contribution in [-0.4, -0.2) is 30.9 Å². The fraction of sp³-hybridized carbons (Fsp3) is 0.588. The molecular weight excluding hydrogens is 284 g/mol. The van der Waals surface area contributed by atoms with E-state index in [9.17, 15) is 4.79 Å². The van der Waals surface area contributed by atoms with Crippen LogP contribution in [0.1, 0.15) is 39.2 Å². The Labute approximate surface area is 135 Å². The fourth-order valence-electron chi connectivity index (χ4n) is 2.49. The normalized spacial score (nSPS) is 12.7. The molecule has 0 aliphatic rings. The number of halogens is 1. The lowest BCUT2D eigenvalue weighted by atomic mass is 9.86. The minimum Gasteiger partial charge on any atom is -0.345 e. The van der Waals surface area contributed by atoms with Gasteiger partial charge >= 0.3 is 0 Å². The Morgan fingerprint density at radius 1 is 1.24 bits per heavy atom. The highest BCUT2D eigenvalue weighted by Crippen LogP contribution is 2.27. The van der Waals surface area contributed by atoms with Crippen LogP contribution in [0.15, 0.2) is 30.3 Å². The van der Waals surface area contributed by atoms with Gasteiger partial charge in [0.15, 0.2) is 0 Å². The van der Waals surface area contributed by atoms with E-state index < -0.39 is 0 Å². The molecule has 120 valence electrons. The van der Waals surface area contributed by atoms with Crippen molar-refractivity contribution in [1.82, 2.24) is 4.90 Å². The molecule has 0 spiro atoms. The number of nitrogens with two attached hydrogens (primary N) is 1. The number of nitrogens with zero attached hydrogens (tertiary/aromatic N) is 1. The van der Waals surface area contributed by atoms with Crippen LogP contribution in [0.2, 0.25) is 0 Å². The quantitative estimate of drug-likeness (QED) is 0.876. The molecule has 2 N–H and O–H groups in total. The van der Waals surface area contributed by atoms with Gasteiger partial charge in [-0.2, -0.15) is 0 Å². The summed E-state index contributed by atoms with van der Waals surface area (Å²) in [7, 11) is 1.87. The van der Waals surface area contributed by atoms with Crippen LogP contribution in [0.25, 0.3) is 0 Å². The molecule has 4 heteroatoms. The molecule has 21 heavy (non-hydrogen) atoms. The highest BCUT2D eigenvalue weighted by Gasteiger charge is 2.29. The van der Waals surface area contributed by atoms with Crippen molar-refractivity contribution in [2.24, 2.45) is 17.1 Å². The van der Waals surface area contributed by atoms with Gasteiger partial charge < -0.3 is 10.6 Å². The first-order valence-corrected chi connectivity index (χ1v) is 7.28. The van der Waals surface area contributed by atoms with Crippen molar-refractivity contribution in [1.29, 1.82) is 0 Å². The van der Waals surface area contributed by atoms with Gasteiger partial charge in [-0.25, -0.2) is 0 Å². The van der Waals surface area contributed by atoms with Crippen LogP contribution in [0.5, 0.6) is 0 Å². The highest BCUT2D eigenvalue weighted by atomic mass is 35.5. The minimum absolute atomic E-state index is 0. The molecule has 1 unspecified atom stereocenters. The van der Waals surface area contributed by atoms with E-state index in [4.69, 9.17) is 5.73 Å². The van der Waals surface area contributed by atoms with E-state index in [1.165, 1.54) is 0 Å². The third kappa shape index (κ3) is 5.68. The SMILES string of the molecule is CC(C)C(C(=O)N(C)CC(C)(C)CN)c1ccccc1.Cl. The van der Waals surface area contributed by atoms with Crippen molar-refractivity contribution in [3.05, 3.63) is 35.9 Å².